The van der Waals surface area contributed by atoms with Crippen molar-refractivity contribution in [3.8, 4) is 11.5 Å². The molecule has 0 unspecified atom stereocenters. The van der Waals surface area contributed by atoms with E-state index >= 15 is 0 Å². The van der Waals surface area contributed by atoms with Crippen molar-refractivity contribution in [1.82, 2.24) is 29.8 Å². The lowest BCUT2D eigenvalue weighted by atomic mass is 9.96. The molecule has 26 heavy (non-hydrogen) atoms. The lowest BCUT2D eigenvalue weighted by molar-refractivity contribution is 0.147. The van der Waals surface area contributed by atoms with E-state index in [9.17, 15) is 0 Å². The Kier molecular flexibility index (Phi) is 4.79. The second-order valence-electron chi connectivity index (χ2n) is 6.81. The summed E-state index contributed by atoms with van der Waals surface area (Å²) in [6.45, 7) is 7.15. The van der Waals surface area contributed by atoms with Gasteiger partial charge in [0.25, 0.3) is 5.89 Å². The van der Waals surface area contributed by atoms with E-state index in [2.05, 4.69) is 43.7 Å². The van der Waals surface area contributed by atoms with Crippen LogP contribution in [0.1, 0.15) is 50.3 Å². The van der Waals surface area contributed by atoms with Gasteiger partial charge in [-0.2, -0.15) is 4.98 Å². The van der Waals surface area contributed by atoms with Gasteiger partial charge in [-0.05, 0) is 45.4 Å². The molecule has 2 atom stereocenters. The SMILES string of the molecule is CCn1cnnc1[C@H]1CCCN([C@@H](C)c2noc(-c3ccccc3)n2)C1. The molecule has 0 spiro atoms. The van der Waals surface area contributed by atoms with Gasteiger partial charge in [0.15, 0.2) is 5.82 Å². The largest absolute Gasteiger partial charge is 0.334 e. The van der Waals surface area contributed by atoms with Gasteiger partial charge in [0, 0.05) is 24.6 Å². The zero-order chi connectivity index (χ0) is 17.9. The first-order valence-electron chi connectivity index (χ1n) is 9.27. The number of nitrogens with zero attached hydrogens (tertiary/aromatic N) is 6. The van der Waals surface area contributed by atoms with Crippen molar-refractivity contribution in [2.75, 3.05) is 13.1 Å². The fourth-order valence-corrected chi connectivity index (χ4v) is 3.66. The summed E-state index contributed by atoms with van der Waals surface area (Å²) in [5, 5.41) is 12.7. The van der Waals surface area contributed by atoms with Gasteiger partial charge in [-0.25, -0.2) is 0 Å². The second-order valence-corrected chi connectivity index (χ2v) is 6.81. The molecule has 2 aromatic heterocycles. The average molecular weight is 352 g/mol. The summed E-state index contributed by atoms with van der Waals surface area (Å²) in [6, 6.07) is 10.00. The normalized spacial score (nSPS) is 19.5. The van der Waals surface area contributed by atoms with Gasteiger partial charge in [-0.1, -0.05) is 23.4 Å². The van der Waals surface area contributed by atoms with Gasteiger partial charge in [-0.15, -0.1) is 10.2 Å². The van der Waals surface area contributed by atoms with Crippen LogP contribution in [0, 0.1) is 0 Å². The van der Waals surface area contributed by atoms with Crippen LogP contribution in [0.3, 0.4) is 0 Å². The van der Waals surface area contributed by atoms with Crippen molar-refractivity contribution in [2.24, 2.45) is 0 Å². The quantitative estimate of drug-likeness (QED) is 0.701. The molecule has 1 aliphatic rings. The van der Waals surface area contributed by atoms with Crippen molar-refractivity contribution in [3.05, 3.63) is 48.3 Å². The van der Waals surface area contributed by atoms with Crippen molar-refractivity contribution in [1.29, 1.82) is 0 Å². The van der Waals surface area contributed by atoms with Gasteiger partial charge in [0.2, 0.25) is 0 Å². The summed E-state index contributed by atoms with van der Waals surface area (Å²) in [5.74, 6) is 2.80. The monoisotopic (exact) mass is 352 g/mol. The summed E-state index contributed by atoms with van der Waals surface area (Å²) in [7, 11) is 0. The van der Waals surface area contributed by atoms with Gasteiger partial charge >= 0.3 is 0 Å². The molecular weight excluding hydrogens is 328 g/mol. The van der Waals surface area contributed by atoms with Crippen molar-refractivity contribution in [2.45, 2.75) is 45.2 Å². The molecule has 1 saturated heterocycles. The second kappa shape index (κ2) is 7.37. The van der Waals surface area contributed by atoms with Crippen LogP contribution in [0.5, 0.6) is 0 Å². The molecular formula is C19H24N6O. The smallest absolute Gasteiger partial charge is 0.257 e. The summed E-state index contributed by atoms with van der Waals surface area (Å²) in [5.41, 5.74) is 0.950. The summed E-state index contributed by atoms with van der Waals surface area (Å²) in [6.07, 6.45) is 4.10. The first-order valence-corrected chi connectivity index (χ1v) is 9.27. The fourth-order valence-electron chi connectivity index (χ4n) is 3.66. The molecule has 3 aromatic rings. The molecule has 0 amide bonds. The fraction of sp³-hybridized carbons (Fsp3) is 0.474. The molecule has 1 fully saturated rings. The molecule has 7 nitrogen and oxygen atoms in total. The van der Waals surface area contributed by atoms with E-state index in [0.29, 0.717) is 11.8 Å². The number of aromatic nitrogens is 5. The molecule has 7 heteroatoms. The average Bonchev–Trinajstić information content (AvgIpc) is 3.37. The van der Waals surface area contributed by atoms with Crippen LogP contribution in [-0.2, 0) is 6.54 Å². The highest BCUT2D eigenvalue weighted by Crippen LogP contribution is 2.31. The first kappa shape index (κ1) is 16.9. The van der Waals surface area contributed by atoms with Gasteiger partial charge < -0.3 is 9.09 Å². The molecule has 0 saturated carbocycles. The van der Waals surface area contributed by atoms with Crippen molar-refractivity contribution in [3.63, 3.8) is 0 Å². The molecule has 3 heterocycles. The van der Waals surface area contributed by atoms with Crippen molar-refractivity contribution >= 4 is 0 Å². The minimum Gasteiger partial charge on any atom is -0.334 e. The molecule has 0 N–H and O–H groups in total. The Morgan fingerprint density at radius 2 is 2.12 bits per heavy atom. The number of rotatable bonds is 5. The van der Waals surface area contributed by atoms with E-state index in [0.717, 1.165) is 49.7 Å². The maximum absolute atomic E-state index is 5.48. The van der Waals surface area contributed by atoms with Crippen LogP contribution in [0.2, 0.25) is 0 Å². The van der Waals surface area contributed by atoms with E-state index in [-0.39, 0.29) is 6.04 Å². The standard InChI is InChI=1S/C19H24N6O/c1-3-24-13-20-22-18(24)16-10-7-11-25(12-16)14(2)17-21-19(26-23-17)15-8-5-4-6-9-15/h4-6,8-9,13-14,16H,3,7,10-12H2,1-2H3/t14-,16-/m0/s1. The third-order valence-electron chi connectivity index (χ3n) is 5.19. The lowest BCUT2D eigenvalue weighted by Crippen LogP contribution is -2.37. The van der Waals surface area contributed by atoms with Gasteiger partial charge in [0.1, 0.15) is 12.2 Å². The number of likely N-dealkylation sites (tertiary alicyclic amines) is 1. The van der Waals surface area contributed by atoms with E-state index < -0.39 is 0 Å². The zero-order valence-electron chi connectivity index (χ0n) is 15.2. The number of hydrogen-bond acceptors (Lipinski definition) is 6. The maximum atomic E-state index is 5.48. The van der Waals surface area contributed by atoms with Gasteiger partial charge in [0.05, 0.1) is 6.04 Å². The van der Waals surface area contributed by atoms with E-state index in [1.165, 1.54) is 0 Å². The van der Waals surface area contributed by atoms with Gasteiger partial charge in [-0.3, -0.25) is 4.90 Å². The first-order chi connectivity index (χ1) is 12.8. The van der Waals surface area contributed by atoms with Crippen LogP contribution in [0.15, 0.2) is 41.2 Å². The van der Waals surface area contributed by atoms with Crippen LogP contribution in [0.4, 0.5) is 0 Å². The van der Waals surface area contributed by atoms with Crippen LogP contribution in [0.25, 0.3) is 11.5 Å². The molecule has 0 bridgehead atoms. The lowest BCUT2D eigenvalue weighted by Gasteiger charge is -2.35. The Hall–Kier alpha value is -2.54. The Morgan fingerprint density at radius 3 is 2.92 bits per heavy atom. The third-order valence-corrected chi connectivity index (χ3v) is 5.19. The predicted octanol–water partition coefficient (Wildman–Crippen LogP) is 3.29. The number of piperidine rings is 1. The zero-order valence-corrected chi connectivity index (χ0v) is 15.2. The maximum Gasteiger partial charge on any atom is 0.257 e. The minimum absolute atomic E-state index is 0.108. The van der Waals surface area contributed by atoms with Crippen LogP contribution >= 0.6 is 0 Å². The molecule has 136 valence electrons. The summed E-state index contributed by atoms with van der Waals surface area (Å²) < 4.78 is 7.62. The van der Waals surface area contributed by atoms with Crippen molar-refractivity contribution < 1.29 is 4.52 Å². The van der Waals surface area contributed by atoms with E-state index in [1.807, 2.05) is 36.7 Å². The van der Waals surface area contributed by atoms with E-state index in [1.54, 1.807) is 0 Å². The highest BCUT2D eigenvalue weighted by Gasteiger charge is 2.30. The summed E-state index contributed by atoms with van der Waals surface area (Å²) >= 11 is 0. The predicted molar refractivity (Wildman–Crippen MR) is 97.4 cm³/mol. The van der Waals surface area contributed by atoms with E-state index in [4.69, 9.17) is 4.52 Å². The third kappa shape index (κ3) is 3.26. The molecule has 1 aromatic carbocycles. The Bertz CT molecular complexity index is 843. The highest BCUT2D eigenvalue weighted by atomic mass is 16.5. The number of hydrogen-bond donors (Lipinski definition) is 0. The highest BCUT2D eigenvalue weighted by molar-refractivity contribution is 5.52. The molecule has 0 aliphatic carbocycles. The molecule has 1 aliphatic heterocycles. The minimum atomic E-state index is 0.108. The summed E-state index contributed by atoms with van der Waals surface area (Å²) in [4.78, 5) is 7.04. The number of benzene rings is 1. The topological polar surface area (TPSA) is 72.9 Å². The Labute approximate surface area is 153 Å². The number of aryl methyl sites for hydroxylation is 1. The van der Waals surface area contributed by atoms with Crippen LogP contribution < -0.4 is 0 Å². The Morgan fingerprint density at radius 1 is 1.27 bits per heavy atom. The van der Waals surface area contributed by atoms with Crippen LogP contribution in [-0.4, -0.2) is 42.9 Å². The molecule has 0 radical (unpaired) electrons. The Balaban J connectivity index is 1.49. The molecule has 4 rings (SSSR count).